The van der Waals surface area contributed by atoms with Crippen molar-refractivity contribution in [2.24, 2.45) is 10.2 Å². The van der Waals surface area contributed by atoms with Crippen molar-refractivity contribution in [3.63, 3.8) is 0 Å². The van der Waals surface area contributed by atoms with E-state index in [1.54, 1.807) is 60.7 Å². The molecule has 5 rings (SSSR count). The van der Waals surface area contributed by atoms with Gasteiger partial charge >= 0.3 is 11.9 Å². The van der Waals surface area contributed by atoms with Gasteiger partial charge in [-0.3, -0.25) is 0 Å². The predicted molar refractivity (Wildman–Crippen MR) is 225 cm³/mol. The Kier molecular flexibility index (Phi) is 17.2. The molecule has 0 saturated heterocycles. The van der Waals surface area contributed by atoms with Crippen molar-refractivity contribution in [3.05, 3.63) is 126 Å². The Morgan fingerprint density at radius 2 is 0.807 bits per heavy atom. The second kappa shape index (κ2) is 23.2. The van der Waals surface area contributed by atoms with Gasteiger partial charge in [-0.15, -0.1) is 0 Å². The van der Waals surface area contributed by atoms with Crippen LogP contribution in [-0.4, -0.2) is 31.8 Å². The Morgan fingerprint density at radius 1 is 0.404 bits per heavy atom. The number of rotatable bonds is 23. The van der Waals surface area contributed by atoms with E-state index in [1.807, 2.05) is 54.6 Å². The Balaban J connectivity index is 1.13. The molecule has 0 amide bonds. The van der Waals surface area contributed by atoms with Crippen LogP contribution in [0.4, 0.5) is 11.4 Å². The number of azo groups is 1. The number of hydrogen-bond acceptors (Lipinski definition) is 9. The first-order valence-corrected chi connectivity index (χ1v) is 20.2. The predicted octanol–water partition coefficient (Wildman–Crippen LogP) is 13.3. The number of nitrogens with zero attached hydrogens (tertiary/aromatic N) is 2. The monoisotopic (exact) mass is 770 g/mol. The van der Waals surface area contributed by atoms with Gasteiger partial charge in [0, 0.05) is 6.07 Å². The number of carbonyl (C=O) groups excluding carboxylic acids is 2. The summed E-state index contributed by atoms with van der Waals surface area (Å²) in [5.41, 5.74) is 3.89. The maximum absolute atomic E-state index is 13.3. The molecule has 0 aliphatic carbocycles. The smallest absolute Gasteiger partial charge is 0.343 e. The Hall–Kier alpha value is -5.96. The molecule has 0 fully saturated rings. The third kappa shape index (κ3) is 14.2. The summed E-state index contributed by atoms with van der Waals surface area (Å²) in [7, 11) is 0. The maximum atomic E-state index is 13.3. The lowest BCUT2D eigenvalue weighted by Crippen LogP contribution is -2.10. The van der Waals surface area contributed by atoms with Crippen molar-refractivity contribution in [2.45, 2.75) is 85.0 Å². The molecule has 5 aromatic rings. The highest BCUT2D eigenvalue weighted by Crippen LogP contribution is 2.28. The molecule has 0 radical (unpaired) electrons. The zero-order chi connectivity index (χ0) is 40.1. The van der Waals surface area contributed by atoms with Crippen molar-refractivity contribution in [2.75, 3.05) is 19.8 Å². The number of hydrogen-bond donors (Lipinski definition) is 0. The molecule has 0 saturated carbocycles. The minimum absolute atomic E-state index is 0.367. The van der Waals surface area contributed by atoms with E-state index in [1.165, 1.54) is 12.8 Å². The minimum atomic E-state index is -0.491. The quantitative estimate of drug-likeness (QED) is 0.0282. The van der Waals surface area contributed by atoms with Crippen molar-refractivity contribution in [1.29, 1.82) is 0 Å². The summed E-state index contributed by atoms with van der Waals surface area (Å²) in [6.07, 6.45) is 10.8. The molecule has 0 bridgehead atoms. The molecule has 0 atom stereocenters. The number of ether oxygens (including phenoxy) is 5. The van der Waals surface area contributed by atoms with Crippen molar-refractivity contribution in [3.8, 4) is 39.9 Å². The fourth-order valence-corrected chi connectivity index (χ4v) is 5.78. The lowest BCUT2D eigenvalue weighted by atomic mass is 10.1. The summed E-state index contributed by atoms with van der Waals surface area (Å²) in [4.78, 5) is 26.2. The summed E-state index contributed by atoms with van der Waals surface area (Å²) in [6, 6.07) is 34.0. The second-order valence-electron chi connectivity index (χ2n) is 13.8. The highest BCUT2D eigenvalue weighted by Gasteiger charge is 2.14. The van der Waals surface area contributed by atoms with Gasteiger partial charge in [0.05, 0.1) is 42.3 Å². The second-order valence-corrected chi connectivity index (χ2v) is 13.8. The molecule has 298 valence electrons. The molecule has 0 N–H and O–H groups in total. The minimum Gasteiger partial charge on any atom is -0.494 e. The molecule has 57 heavy (non-hydrogen) atoms. The molecule has 0 aromatic heterocycles. The Labute approximate surface area is 337 Å². The van der Waals surface area contributed by atoms with Crippen LogP contribution in [0.25, 0.3) is 11.1 Å². The van der Waals surface area contributed by atoms with Gasteiger partial charge in [0.2, 0.25) is 0 Å². The molecule has 0 spiro atoms. The molecule has 5 aromatic carbocycles. The average Bonchev–Trinajstić information content (AvgIpc) is 3.24. The maximum Gasteiger partial charge on any atom is 0.343 e. The summed E-state index contributed by atoms with van der Waals surface area (Å²) >= 11 is 0. The van der Waals surface area contributed by atoms with Crippen molar-refractivity contribution < 1.29 is 33.3 Å². The van der Waals surface area contributed by atoms with Crippen molar-refractivity contribution >= 4 is 23.3 Å². The number of unbranched alkanes of at least 4 members (excludes halogenated alkanes) is 7. The van der Waals surface area contributed by atoms with Gasteiger partial charge in [-0.1, -0.05) is 90.0 Å². The first-order chi connectivity index (χ1) is 27.9. The Morgan fingerprint density at radius 3 is 1.28 bits per heavy atom. The lowest BCUT2D eigenvalue weighted by Gasteiger charge is -2.13. The molecule has 0 aliphatic rings. The van der Waals surface area contributed by atoms with Crippen LogP contribution in [-0.2, 0) is 0 Å². The van der Waals surface area contributed by atoms with E-state index < -0.39 is 11.9 Å². The van der Waals surface area contributed by atoms with Crippen LogP contribution < -0.4 is 23.7 Å². The number of benzene rings is 5. The zero-order valence-electron chi connectivity index (χ0n) is 33.4. The van der Waals surface area contributed by atoms with Gasteiger partial charge in [0.15, 0.2) is 0 Å². The summed E-state index contributed by atoms with van der Waals surface area (Å²) in [6.45, 7) is 8.33. The summed E-state index contributed by atoms with van der Waals surface area (Å²) in [5.74, 6) is 1.85. The van der Waals surface area contributed by atoms with Gasteiger partial charge in [0.1, 0.15) is 28.7 Å². The van der Waals surface area contributed by atoms with E-state index in [2.05, 4.69) is 31.0 Å². The van der Waals surface area contributed by atoms with Crippen LogP contribution >= 0.6 is 0 Å². The lowest BCUT2D eigenvalue weighted by molar-refractivity contribution is 0.0724. The average molecular weight is 771 g/mol. The van der Waals surface area contributed by atoms with Crippen molar-refractivity contribution in [1.82, 2.24) is 0 Å². The fraction of sp³-hybridized carbons (Fsp3) is 0.333. The zero-order valence-corrected chi connectivity index (χ0v) is 33.4. The standard InChI is InChI=1S/C48H54N2O7/c1-4-7-10-12-31-54-45-33-39(34-46(35-45)55-32-13-11-8-5-2)48(52)57-44-26-18-37(19-27-44)36-16-24-43(25-17-36)56-47(51)38-14-20-40(21-15-38)49-50-41-22-28-42(29-23-41)53-30-9-6-3/h14-29,33-35H,4-13,30-32H2,1-3H3. The largest absolute Gasteiger partial charge is 0.494 e. The SMILES string of the molecule is CCCCCCOc1cc(OCCCCCC)cc(C(=O)Oc2ccc(-c3ccc(OC(=O)c4ccc(N=Nc5ccc(OCCCC)cc5)cc4)cc3)cc2)c1. The third-order valence-corrected chi connectivity index (χ3v) is 9.10. The van der Waals surface area contributed by atoms with Gasteiger partial charge in [-0.2, -0.15) is 10.2 Å². The van der Waals surface area contributed by atoms with Crippen LogP contribution in [0.1, 0.15) is 106 Å². The van der Waals surface area contributed by atoms with Crippen LogP contribution in [0.3, 0.4) is 0 Å². The normalized spacial score (nSPS) is 11.0. The molecule has 9 nitrogen and oxygen atoms in total. The summed E-state index contributed by atoms with van der Waals surface area (Å²) in [5, 5.41) is 8.55. The summed E-state index contributed by atoms with van der Waals surface area (Å²) < 4.78 is 29.1. The molecule has 0 unspecified atom stereocenters. The van der Waals surface area contributed by atoms with Gasteiger partial charge in [-0.05, 0) is 115 Å². The van der Waals surface area contributed by atoms with Gasteiger partial charge in [0.25, 0.3) is 0 Å². The van der Waals surface area contributed by atoms with E-state index in [9.17, 15) is 9.59 Å². The van der Waals surface area contributed by atoms with Crippen LogP contribution in [0, 0.1) is 0 Å². The highest BCUT2D eigenvalue weighted by atomic mass is 16.5. The Bertz CT molecular complexity index is 1960. The fourth-order valence-electron chi connectivity index (χ4n) is 5.78. The third-order valence-electron chi connectivity index (χ3n) is 9.10. The molecular formula is C48H54N2O7. The molecular weight excluding hydrogens is 717 g/mol. The molecule has 0 aliphatic heterocycles. The van der Waals surface area contributed by atoms with E-state index in [4.69, 9.17) is 23.7 Å². The van der Waals surface area contributed by atoms with Gasteiger partial charge in [-0.25, -0.2) is 9.59 Å². The highest BCUT2D eigenvalue weighted by molar-refractivity contribution is 5.92. The van der Waals surface area contributed by atoms with Crippen LogP contribution in [0.5, 0.6) is 28.7 Å². The van der Waals surface area contributed by atoms with Gasteiger partial charge < -0.3 is 23.7 Å². The van der Waals surface area contributed by atoms with E-state index in [0.29, 0.717) is 65.3 Å². The first kappa shape index (κ1) is 42.2. The van der Waals surface area contributed by atoms with Crippen LogP contribution in [0.2, 0.25) is 0 Å². The van der Waals surface area contributed by atoms with Crippen LogP contribution in [0.15, 0.2) is 125 Å². The molecule has 0 heterocycles. The van der Waals surface area contributed by atoms with E-state index in [0.717, 1.165) is 68.2 Å². The van der Waals surface area contributed by atoms with E-state index >= 15 is 0 Å². The number of carbonyl (C=O) groups is 2. The first-order valence-electron chi connectivity index (χ1n) is 20.2. The van der Waals surface area contributed by atoms with E-state index in [-0.39, 0.29) is 0 Å². The number of esters is 2. The topological polar surface area (TPSA) is 105 Å². The molecule has 9 heteroatoms.